The molecular weight excluding hydrogens is 401 g/mol. The summed E-state index contributed by atoms with van der Waals surface area (Å²) in [5, 5.41) is 0. The third kappa shape index (κ3) is 14000. The van der Waals surface area contributed by atoms with Crippen molar-refractivity contribution in [3.8, 4) is 0 Å². The van der Waals surface area contributed by atoms with Gasteiger partial charge in [0.05, 0.1) is 0 Å². The molecule has 0 bridgehead atoms. The van der Waals surface area contributed by atoms with Gasteiger partial charge in [-0.2, -0.15) is 0 Å². The van der Waals surface area contributed by atoms with E-state index < -0.39 is 0 Å². The number of rotatable bonds is 0. The van der Waals surface area contributed by atoms with Crippen molar-refractivity contribution in [2.45, 2.75) is 168 Å². The Hall–Kier alpha value is 1.10. The third-order valence-corrected chi connectivity index (χ3v) is 0. The molecular formula is C26H76Y. The standard InChI is InChI=1S/2C5H12.C3H8.4C2H6.5CH4.Y/c2*1-5(2,3)4;1-3-2;4*1-2;;;;;;/h2*1-4H3;3H2,1-2H3;4*1-2H3;5*1H4;. The molecule has 27 heavy (non-hydrogen) atoms. The molecule has 0 aromatic heterocycles. The van der Waals surface area contributed by atoms with Crippen LogP contribution in [0.25, 0.3) is 0 Å². The molecule has 0 nitrogen and oxygen atoms in total. The van der Waals surface area contributed by atoms with Gasteiger partial charge in [0.25, 0.3) is 0 Å². The Morgan fingerprint density at radius 2 is 0.370 bits per heavy atom. The minimum atomic E-state index is 0. The molecule has 0 unspecified atom stereocenters. The van der Waals surface area contributed by atoms with Crippen LogP contribution in [0, 0.1) is 10.8 Å². The first-order valence-corrected chi connectivity index (χ1v) is 9.41. The average Bonchev–Trinajstić information content (AvgIpc) is 2.35. The zero-order valence-corrected chi connectivity index (χ0v) is 23.1. The second-order valence-corrected chi connectivity index (χ2v) is 6.71. The predicted octanol–water partition coefficient (Wildman–Crippen LogP) is 12.8. The van der Waals surface area contributed by atoms with Crippen molar-refractivity contribution in [3.63, 3.8) is 0 Å². The Labute approximate surface area is 210 Å². The van der Waals surface area contributed by atoms with Crippen LogP contribution in [0.2, 0.25) is 0 Å². The summed E-state index contributed by atoms with van der Waals surface area (Å²) < 4.78 is 0. The summed E-state index contributed by atoms with van der Waals surface area (Å²) in [5.41, 5.74) is 1.00. The Balaban J connectivity index is -0.00000000773. The summed E-state index contributed by atoms with van der Waals surface area (Å²) in [6.45, 7) is 37.8. The van der Waals surface area contributed by atoms with Crippen LogP contribution in [-0.2, 0) is 32.7 Å². The molecule has 0 rings (SSSR count). The minimum Gasteiger partial charge on any atom is -0.0776 e. The first kappa shape index (κ1) is 90.5. The maximum atomic E-state index is 2.19. The molecule has 0 aliphatic heterocycles. The van der Waals surface area contributed by atoms with Crippen molar-refractivity contribution in [2.75, 3.05) is 0 Å². The van der Waals surface area contributed by atoms with Gasteiger partial charge in [-0.1, -0.05) is 168 Å². The zero-order valence-electron chi connectivity index (χ0n) is 20.3. The largest absolute Gasteiger partial charge is 0.0776 e. The molecule has 0 saturated heterocycles. The maximum absolute atomic E-state index is 2.19. The van der Waals surface area contributed by atoms with E-state index in [-0.39, 0.29) is 69.8 Å². The minimum absolute atomic E-state index is 0. The van der Waals surface area contributed by atoms with E-state index >= 15 is 0 Å². The molecule has 183 valence electrons. The maximum Gasteiger partial charge on any atom is 0 e. The molecule has 0 fully saturated rings. The molecule has 0 aliphatic rings. The zero-order chi connectivity index (χ0) is 19.7. The van der Waals surface area contributed by atoms with Gasteiger partial charge in [-0.3, -0.25) is 0 Å². The van der Waals surface area contributed by atoms with E-state index in [1.807, 2.05) is 55.4 Å². The van der Waals surface area contributed by atoms with Gasteiger partial charge in [0.15, 0.2) is 0 Å². The van der Waals surface area contributed by atoms with Crippen molar-refractivity contribution < 1.29 is 32.7 Å². The van der Waals surface area contributed by atoms with Crippen molar-refractivity contribution in [2.24, 2.45) is 10.8 Å². The smallest absolute Gasteiger partial charge is 0 e. The average molecular weight is 478 g/mol. The fraction of sp³-hybridized carbons (Fsp3) is 1.00. The normalized spacial score (nSPS) is 6.00. The summed E-state index contributed by atoms with van der Waals surface area (Å²) in [6, 6.07) is 0. The summed E-state index contributed by atoms with van der Waals surface area (Å²) in [6.07, 6.45) is 1.25. The van der Waals surface area contributed by atoms with E-state index in [2.05, 4.69) is 69.2 Å². The quantitative estimate of drug-likeness (QED) is 0.325. The van der Waals surface area contributed by atoms with Gasteiger partial charge in [0, 0.05) is 32.7 Å². The predicted molar refractivity (Wildman–Crippen MR) is 145 cm³/mol. The molecule has 0 atom stereocenters. The van der Waals surface area contributed by atoms with Crippen LogP contribution in [0.4, 0.5) is 0 Å². The number of hydrogen-bond donors (Lipinski definition) is 0. The van der Waals surface area contributed by atoms with Crippen LogP contribution in [0.1, 0.15) is 168 Å². The van der Waals surface area contributed by atoms with Gasteiger partial charge >= 0.3 is 0 Å². The molecule has 1 heteroatoms. The SMILES string of the molecule is C.C.C.C.C.CC.CC.CC.CC.CC(C)(C)C.CC(C)(C)C.CCC.[Y]. The molecule has 0 saturated carbocycles. The Bertz CT molecular complexity index is 59.4. The van der Waals surface area contributed by atoms with Gasteiger partial charge in [-0.25, -0.2) is 0 Å². The Morgan fingerprint density at radius 3 is 0.370 bits per heavy atom. The summed E-state index contributed by atoms with van der Waals surface area (Å²) in [5.74, 6) is 0. The van der Waals surface area contributed by atoms with Gasteiger partial charge < -0.3 is 0 Å². The topological polar surface area (TPSA) is 0 Å². The van der Waals surface area contributed by atoms with Crippen LogP contribution >= 0.6 is 0 Å². The fourth-order valence-corrected chi connectivity index (χ4v) is 0. The molecule has 0 aromatic carbocycles. The van der Waals surface area contributed by atoms with E-state index in [4.69, 9.17) is 0 Å². The summed E-state index contributed by atoms with van der Waals surface area (Å²) in [4.78, 5) is 0. The van der Waals surface area contributed by atoms with Crippen LogP contribution in [0.15, 0.2) is 0 Å². The van der Waals surface area contributed by atoms with E-state index in [1.165, 1.54) is 6.42 Å². The third-order valence-electron chi connectivity index (χ3n) is 0. The van der Waals surface area contributed by atoms with Crippen LogP contribution in [-0.4, -0.2) is 0 Å². The molecule has 0 aliphatic carbocycles. The Kier molecular flexibility index (Phi) is 311. The molecule has 0 heterocycles. The van der Waals surface area contributed by atoms with Crippen LogP contribution < -0.4 is 0 Å². The van der Waals surface area contributed by atoms with Gasteiger partial charge in [0.2, 0.25) is 0 Å². The Morgan fingerprint density at radius 1 is 0.370 bits per heavy atom. The monoisotopic (exact) mass is 478 g/mol. The van der Waals surface area contributed by atoms with Gasteiger partial charge in [0.1, 0.15) is 0 Å². The van der Waals surface area contributed by atoms with Gasteiger partial charge in [-0.05, 0) is 10.8 Å². The van der Waals surface area contributed by atoms with Gasteiger partial charge in [-0.15, -0.1) is 0 Å². The summed E-state index contributed by atoms with van der Waals surface area (Å²) in [7, 11) is 0. The van der Waals surface area contributed by atoms with Crippen molar-refractivity contribution >= 4 is 0 Å². The van der Waals surface area contributed by atoms with Crippen molar-refractivity contribution in [3.05, 3.63) is 0 Å². The van der Waals surface area contributed by atoms with E-state index in [1.54, 1.807) is 0 Å². The van der Waals surface area contributed by atoms with E-state index in [0.717, 1.165) is 0 Å². The molecule has 0 aromatic rings. The van der Waals surface area contributed by atoms with Crippen molar-refractivity contribution in [1.29, 1.82) is 0 Å². The van der Waals surface area contributed by atoms with Crippen LogP contribution in [0.5, 0.6) is 0 Å². The second kappa shape index (κ2) is 92.8. The first-order valence-electron chi connectivity index (χ1n) is 9.41. The first-order chi connectivity index (χ1) is 9.41. The van der Waals surface area contributed by atoms with Crippen molar-refractivity contribution in [1.82, 2.24) is 0 Å². The number of hydrogen-bond acceptors (Lipinski definition) is 0. The second-order valence-electron chi connectivity index (χ2n) is 6.71. The molecule has 0 N–H and O–H groups in total. The molecule has 1 radical (unpaired) electrons. The molecule has 0 spiro atoms. The van der Waals surface area contributed by atoms with E-state index in [0.29, 0.717) is 10.8 Å². The summed E-state index contributed by atoms with van der Waals surface area (Å²) >= 11 is 0. The van der Waals surface area contributed by atoms with Crippen LogP contribution in [0.3, 0.4) is 0 Å². The molecule has 0 amide bonds. The van der Waals surface area contributed by atoms with E-state index in [9.17, 15) is 0 Å². The fourth-order valence-electron chi connectivity index (χ4n) is 0.